The van der Waals surface area contributed by atoms with Crippen molar-refractivity contribution < 1.29 is 19.4 Å². The van der Waals surface area contributed by atoms with Crippen molar-refractivity contribution in [2.45, 2.75) is 13.3 Å². The van der Waals surface area contributed by atoms with Crippen LogP contribution in [0.4, 0.5) is 11.4 Å². The molecule has 0 spiro atoms. The fraction of sp³-hybridized carbons (Fsp3) is 0.385. The summed E-state index contributed by atoms with van der Waals surface area (Å²) < 4.78 is 4.94. The van der Waals surface area contributed by atoms with Crippen molar-refractivity contribution in [1.29, 1.82) is 0 Å². The van der Waals surface area contributed by atoms with E-state index in [4.69, 9.17) is 15.6 Å². The number of nitrogens with two attached hydrogens (primary N) is 1. The minimum Gasteiger partial charge on any atom is -0.478 e. The monoisotopic (exact) mass is 266 g/mol. The van der Waals surface area contributed by atoms with Crippen LogP contribution >= 0.6 is 0 Å². The Labute approximate surface area is 111 Å². The van der Waals surface area contributed by atoms with Crippen molar-refractivity contribution in [3.05, 3.63) is 23.8 Å². The Balaban J connectivity index is 2.78. The number of nitrogen functional groups attached to an aromatic ring is 1. The average molecular weight is 266 g/mol. The molecule has 0 aliphatic heterocycles. The lowest BCUT2D eigenvalue weighted by Crippen LogP contribution is -2.19. The minimum absolute atomic E-state index is 0.0157. The SMILES string of the molecule is COCC(C)CC(=O)Nc1cc(N)ccc1C(=O)O. The van der Waals surface area contributed by atoms with Gasteiger partial charge in [0.25, 0.3) is 0 Å². The highest BCUT2D eigenvalue weighted by Gasteiger charge is 2.14. The lowest BCUT2D eigenvalue weighted by Gasteiger charge is -2.12. The number of amides is 1. The normalized spacial score (nSPS) is 11.9. The molecule has 0 fully saturated rings. The van der Waals surface area contributed by atoms with Crippen molar-refractivity contribution in [2.75, 3.05) is 24.8 Å². The van der Waals surface area contributed by atoms with Crippen LogP contribution in [0, 0.1) is 5.92 Å². The van der Waals surface area contributed by atoms with E-state index in [1.54, 1.807) is 7.11 Å². The van der Waals surface area contributed by atoms with Crippen molar-refractivity contribution in [2.24, 2.45) is 5.92 Å². The van der Waals surface area contributed by atoms with Gasteiger partial charge in [-0.1, -0.05) is 6.92 Å². The first kappa shape index (κ1) is 15.0. The molecule has 6 nitrogen and oxygen atoms in total. The van der Waals surface area contributed by atoms with Crippen LogP contribution in [0.5, 0.6) is 0 Å². The van der Waals surface area contributed by atoms with Gasteiger partial charge in [-0.2, -0.15) is 0 Å². The van der Waals surface area contributed by atoms with Crippen LogP contribution in [0.1, 0.15) is 23.7 Å². The molecule has 0 saturated heterocycles. The molecule has 0 bridgehead atoms. The number of hydrogen-bond acceptors (Lipinski definition) is 4. The van der Waals surface area contributed by atoms with E-state index in [0.29, 0.717) is 12.3 Å². The molecule has 0 saturated carbocycles. The number of hydrogen-bond donors (Lipinski definition) is 3. The summed E-state index contributed by atoms with van der Waals surface area (Å²) in [7, 11) is 1.56. The largest absolute Gasteiger partial charge is 0.478 e. The van der Waals surface area contributed by atoms with Gasteiger partial charge in [-0.25, -0.2) is 4.79 Å². The molecule has 1 aromatic rings. The van der Waals surface area contributed by atoms with Gasteiger partial charge in [0, 0.05) is 25.8 Å². The Hall–Kier alpha value is -2.08. The molecule has 1 unspecified atom stereocenters. The highest BCUT2D eigenvalue weighted by atomic mass is 16.5. The Kier molecular flexibility index (Phi) is 5.32. The first-order valence-electron chi connectivity index (χ1n) is 5.85. The number of aromatic carboxylic acids is 1. The second kappa shape index (κ2) is 6.75. The van der Waals surface area contributed by atoms with Crippen LogP contribution in [0.15, 0.2) is 18.2 Å². The van der Waals surface area contributed by atoms with Crippen molar-refractivity contribution in [3.8, 4) is 0 Å². The third kappa shape index (κ3) is 4.59. The Morgan fingerprint density at radius 1 is 1.47 bits per heavy atom. The van der Waals surface area contributed by atoms with Crippen LogP contribution in [0.3, 0.4) is 0 Å². The third-order valence-corrected chi connectivity index (χ3v) is 2.53. The highest BCUT2D eigenvalue weighted by molar-refractivity contribution is 6.01. The predicted molar refractivity (Wildman–Crippen MR) is 72.1 cm³/mol. The first-order chi connectivity index (χ1) is 8.93. The van der Waals surface area contributed by atoms with E-state index >= 15 is 0 Å². The number of carbonyl (C=O) groups excluding carboxylic acids is 1. The lowest BCUT2D eigenvalue weighted by atomic mass is 10.1. The number of benzene rings is 1. The van der Waals surface area contributed by atoms with E-state index in [1.807, 2.05) is 6.92 Å². The molecule has 0 aliphatic carbocycles. The van der Waals surface area contributed by atoms with Gasteiger partial charge in [-0.05, 0) is 24.1 Å². The van der Waals surface area contributed by atoms with Gasteiger partial charge in [-0.3, -0.25) is 4.79 Å². The quantitative estimate of drug-likeness (QED) is 0.678. The fourth-order valence-corrected chi connectivity index (χ4v) is 1.71. The molecule has 0 heterocycles. The van der Waals surface area contributed by atoms with Gasteiger partial charge in [0.2, 0.25) is 5.91 Å². The zero-order chi connectivity index (χ0) is 14.4. The summed E-state index contributed by atoms with van der Waals surface area (Å²) in [5.74, 6) is -1.32. The maximum absolute atomic E-state index is 11.8. The van der Waals surface area contributed by atoms with E-state index < -0.39 is 5.97 Å². The molecular weight excluding hydrogens is 248 g/mol. The molecule has 0 aliphatic rings. The number of rotatable bonds is 6. The van der Waals surface area contributed by atoms with Gasteiger partial charge < -0.3 is 20.9 Å². The molecule has 1 amide bonds. The molecule has 0 aromatic heterocycles. The molecule has 1 atom stereocenters. The number of methoxy groups -OCH3 is 1. The fourth-order valence-electron chi connectivity index (χ4n) is 1.71. The zero-order valence-corrected chi connectivity index (χ0v) is 11.0. The van der Waals surface area contributed by atoms with Crippen molar-refractivity contribution >= 4 is 23.3 Å². The molecule has 1 rings (SSSR count). The Morgan fingerprint density at radius 3 is 2.74 bits per heavy atom. The summed E-state index contributed by atoms with van der Waals surface area (Å²) in [6.45, 7) is 2.34. The van der Waals surface area contributed by atoms with Crippen molar-refractivity contribution in [3.63, 3.8) is 0 Å². The number of carbonyl (C=O) groups is 2. The van der Waals surface area contributed by atoms with Crippen LogP contribution < -0.4 is 11.1 Å². The molecule has 19 heavy (non-hydrogen) atoms. The minimum atomic E-state index is -1.11. The van der Waals surface area contributed by atoms with Crippen LogP contribution in [-0.4, -0.2) is 30.7 Å². The van der Waals surface area contributed by atoms with E-state index in [-0.39, 0.29) is 29.5 Å². The number of ether oxygens (including phenoxy) is 1. The van der Waals surface area contributed by atoms with Crippen LogP contribution in [-0.2, 0) is 9.53 Å². The van der Waals surface area contributed by atoms with Crippen molar-refractivity contribution in [1.82, 2.24) is 0 Å². The summed E-state index contributed by atoms with van der Waals surface area (Å²) in [4.78, 5) is 22.8. The summed E-state index contributed by atoms with van der Waals surface area (Å²) >= 11 is 0. The Bertz CT molecular complexity index is 474. The van der Waals surface area contributed by atoms with E-state index in [0.717, 1.165) is 0 Å². The van der Waals surface area contributed by atoms with Gasteiger partial charge in [0.05, 0.1) is 11.3 Å². The predicted octanol–water partition coefficient (Wildman–Crippen LogP) is 1.58. The van der Waals surface area contributed by atoms with E-state index in [1.165, 1.54) is 18.2 Å². The topological polar surface area (TPSA) is 102 Å². The first-order valence-corrected chi connectivity index (χ1v) is 5.85. The highest BCUT2D eigenvalue weighted by Crippen LogP contribution is 2.20. The van der Waals surface area contributed by atoms with Gasteiger partial charge in [-0.15, -0.1) is 0 Å². The molecule has 6 heteroatoms. The molecule has 104 valence electrons. The van der Waals surface area contributed by atoms with E-state index in [2.05, 4.69) is 5.32 Å². The van der Waals surface area contributed by atoms with Gasteiger partial charge >= 0.3 is 5.97 Å². The number of carboxylic acid groups (broad SMARTS) is 1. The average Bonchev–Trinajstić information content (AvgIpc) is 2.28. The maximum atomic E-state index is 11.8. The smallest absolute Gasteiger partial charge is 0.337 e. The molecular formula is C13H18N2O4. The molecule has 4 N–H and O–H groups in total. The Morgan fingerprint density at radius 2 is 2.16 bits per heavy atom. The number of anilines is 2. The van der Waals surface area contributed by atoms with Crippen LogP contribution in [0.25, 0.3) is 0 Å². The standard InChI is InChI=1S/C13H18N2O4/c1-8(7-19-2)5-12(16)15-11-6-9(14)3-4-10(11)13(17)18/h3-4,6,8H,5,7,14H2,1-2H3,(H,15,16)(H,17,18). The molecule has 0 radical (unpaired) electrons. The van der Waals surface area contributed by atoms with Gasteiger partial charge in [0.1, 0.15) is 0 Å². The second-order valence-electron chi connectivity index (χ2n) is 4.42. The maximum Gasteiger partial charge on any atom is 0.337 e. The van der Waals surface area contributed by atoms with Gasteiger partial charge in [0.15, 0.2) is 0 Å². The summed E-state index contributed by atoms with van der Waals surface area (Å²) in [5, 5.41) is 11.6. The van der Waals surface area contributed by atoms with E-state index in [9.17, 15) is 9.59 Å². The summed E-state index contributed by atoms with van der Waals surface area (Å²) in [6, 6.07) is 4.28. The summed E-state index contributed by atoms with van der Waals surface area (Å²) in [5.41, 5.74) is 6.21. The third-order valence-electron chi connectivity index (χ3n) is 2.53. The summed E-state index contributed by atoms with van der Waals surface area (Å²) in [6.07, 6.45) is 0.252. The lowest BCUT2D eigenvalue weighted by molar-refractivity contribution is -0.117. The number of carboxylic acids is 1. The zero-order valence-electron chi connectivity index (χ0n) is 11.0. The second-order valence-corrected chi connectivity index (χ2v) is 4.42. The number of nitrogens with one attached hydrogen (secondary N) is 1. The van der Waals surface area contributed by atoms with Crippen LogP contribution in [0.2, 0.25) is 0 Å². The molecule has 1 aromatic carbocycles.